The first-order valence-electron chi connectivity index (χ1n) is 5.27. The number of halogens is 1. The van der Waals surface area contributed by atoms with Crippen LogP contribution < -0.4 is 11.1 Å². The Labute approximate surface area is 114 Å². The van der Waals surface area contributed by atoms with Gasteiger partial charge in [0, 0.05) is 16.8 Å². The van der Waals surface area contributed by atoms with Crippen molar-refractivity contribution in [3.05, 3.63) is 38.8 Å². The standard InChI is InChI=1S/C12H12ClN3OS/c1-6-3-4-15-11(13)10(6)16-12(17)9-5-8(14)7(2)18-9/h3-5H,14H2,1-2H3,(H,16,17). The van der Waals surface area contributed by atoms with E-state index in [9.17, 15) is 4.79 Å². The number of rotatable bonds is 2. The Kier molecular flexibility index (Phi) is 3.54. The van der Waals surface area contributed by atoms with E-state index >= 15 is 0 Å². The van der Waals surface area contributed by atoms with Gasteiger partial charge < -0.3 is 11.1 Å². The molecule has 0 aliphatic heterocycles. The first kappa shape index (κ1) is 12.9. The van der Waals surface area contributed by atoms with Crippen LogP contribution in [0.2, 0.25) is 5.15 Å². The maximum absolute atomic E-state index is 12.0. The number of amides is 1. The van der Waals surface area contributed by atoms with Crippen molar-refractivity contribution in [2.45, 2.75) is 13.8 Å². The van der Waals surface area contributed by atoms with E-state index in [2.05, 4.69) is 10.3 Å². The number of carbonyl (C=O) groups excluding carboxylic acids is 1. The molecule has 2 aromatic heterocycles. The molecule has 4 nitrogen and oxygen atoms in total. The van der Waals surface area contributed by atoms with Gasteiger partial charge in [-0.05, 0) is 31.5 Å². The van der Waals surface area contributed by atoms with E-state index in [0.717, 1.165) is 10.4 Å². The summed E-state index contributed by atoms with van der Waals surface area (Å²) in [7, 11) is 0. The first-order chi connectivity index (χ1) is 8.49. The molecule has 6 heteroatoms. The van der Waals surface area contributed by atoms with Gasteiger partial charge in [-0.25, -0.2) is 4.98 Å². The fourth-order valence-corrected chi connectivity index (χ4v) is 2.55. The van der Waals surface area contributed by atoms with Gasteiger partial charge in [-0.2, -0.15) is 0 Å². The highest BCUT2D eigenvalue weighted by Crippen LogP contribution is 2.27. The van der Waals surface area contributed by atoms with E-state index in [1.54, 1.807) is 18.3 Å². The van der Waals surface area contributed by atoms with Gasteiger partial charge in [0.25, 0.3) is 5.91 Å². The normalized spacial score (nSPS) is 10.4. The number of thiophene rings is 1. The third-order valence-electron chi connectivity index (χ3n) is 2.53. The molecule has 0 radical (unpaired) electrons. The van der Waals surface area contributed by atoms with Crippen LogP contribution in [0.1, 0.15) is 20.1 Å². The highest BCUT2D eigenvalue weighted by molar-refractivity contribution is 7.14. The van der Waals surface area contributed by atoms with Crippen LogP contribution in [0.15, 0.2) is 18.3 Å². The van der Waals surface area contributed by atoms with Crippen molar-refractivity contribution in [2.75, 3.05) is 11.1 Å². The van der Waals surface area contributed by atoms with Crippen molar-refractivity contribution in [3.8, 4) is 0 Å². The molecule has 0 unspecified atom stereocenters. The molecule has 0 aliphatic rings. The molecule has 3 N–H and O–H groups in total. The van der Waals surface area contributed by atoms with Gasteiger partial charge in [-0.15, -0.1) is 11.3 Å². The average Bonchev–Trinajstić information content (AvgIpc) is 2.64. The summed E-state index contributed by atoms with van der Waals surface area (Å²) in [6.07, 6.45) is 1.60. The summed E-state index contributed by atoms with van der Waals surface area (Å²) in [6.45, 7) is 3.73. The number of pyridine rings is 1. The van der Waals surface area contributed by atoms with E-state index in [0.29, 0.717) is 16.3 Å². The van der Waals surface area contributed by atoms with Crippen LogP contribution in [0.4, 0.5) is 11.4 Å². The number of anilines is 2. The number of hydrogen-bond acceptors (Lipinski definition) is 4. The van der Waals surface area contributed by atoms with Gasteiger partial charge in [-0.1, -0.05) is 11.6 Å². The highest BCUT2D eigenvalue weighted by Gasteiger charge is 2.14. The smallest absolute Gasteiger partial charge is 0.265 e. The fraction of sp³-hybridized carbons (Fsp3) is 0.167. The zero-order valence-corrected chi connectivity index (χ0v) is 11.5. The molecule has 0 aromatic carbocycles. The van der Waals surface area contributed by atoms with Crippen molar-refractivity contribution in [1.82, 2.24) is 4.98 Å². The predicted octanol–water partition coefficient (Wildman–Crippen LogP) is 3.25. The van der Waals surface area contributed by atoms with Crippen molar-refractivity contribution < 1.29 is 4.79 Å². The summed E-state index contributed by atoms with van der Waals surface area (Å²) >= 11 is 7.30. The van der Waals surface area contributed by atoms with Crippen LogP contribution in [0.5, 0.6) is 0 Å². The molecule has 18 heavy (non-hydrogen) atoms. The molecule has 2 heterocycles. The number of hydrogen-bond donors (Lipinski definition) is 2. The maximum Gasteiger partial charge on any atom is 0.265 e. The molecule has 0 saturated carbocycles. The van der Waals surface area contributed by atoms with Gasteiger partial charge in [0.2, 0.25) is 0 Å². The molecule has 94 valence electrons. The van der Waals surface area contributed by atoms with Crippen LogP contribution in [-0.4, -0.2) is 10.9 Å². The van der Waals surface area contributed by atoms with Gasteiger partial charge in [0.05, 0.1) is 10.6 Å². The monoisotopic (exact) mass is 281 g/mol. The van der Waals surface area contributed by atoms with Crippen molar-refractivity contribution in [3.63, 3.8) is 0 Å². The number of nitrogens with one attached hydrogen (secondary N) is 1. The Hall–Kier alpha value is -1.59. The third kappa shape index (κ3) is 2.47. The lowest BCUT2D eigenvalue weighted by molar-refractivity contribution is 0.103. The summed E-state index contributed by atoms with van der Waals surface area (Å²) < 4.78 is 0. The molecule has 0 spiro atoms. The lowest BCUT2D eigenvalue weighted by Crippen LogP contribution is -2.12. The molecule has 0 aliphatic carbocycles. The summed E-state index contributed by atoms with van der Waals surface area (Å²) in [6, 6.07) is 3.45. The number of aryl methyl sites for hydroxylation is 2. The molecule has 0 bridgehead atoms. The quantitative estimate of drug-likeness (QED) is 0.830. The summed E-state index contributed by atoms with van der Waals surface area (Å²) in [5.74, 6) is -0.224. The zero-order valence-electron chi connectivity index (χ0n) is 9.95. The molecular weight excluding hydrogens is 270 g/mol. The number of aromatic nitrogens is 1. The SMILES string of the molecule is Cc1ccnc(Cl)c1NC(=O)c1cc(N)c(C)s1. The molecule has 2 rings (SSSR count). The second kappa shape index (κ2) is 4.96. The molecular formula is C12H12ClN3OS. The Balaban J connectivity index is 2.27. The minimum atomic E-state index is -0.224. The zero-order chi connectivity index (χ0) is 13.3. The maximum atomic E-state index is 12.0. The van der Waals surface area contributed by atoms with E-state index < -0.39 is 0 Å². The summed E-state index contributed by atoms with van der Waals surface area (Å²) in [5.41, 5.74) is 7.75. The summed E-state index contributed by atoms with van der Waals surface area (Å²) in [5, 5.41) is 3.04. The average molecular weight is 282 g/mol. The number of nitrogens with two attached hydrogens (primary N) is 1. The minimum absolute atomic E-state index is 0.224. The second-order valence-electron chi connectivity index (χ2n) is 3.87. The van der Waals surface area contributed by atoms with E-state index in [4.69, 9.17) is 17.3 Å². The Morgan fingerprint density at radius 2 is 2.22 bits per heavy atom. The lowest BCUT2D eigenvalue weighted by atomic mass is 10.2. The van der Waals surface area contributed by atoms with Gasteiger partial charge >= 0.3 is 0 Å². The molecule has 0 fully saturated rings. The number of nitrogens with zero attached hydrogens (tertiary/aromatic N) is 1. The summed E-state index contributed by atoms with van der Waals surface area (Å²) in [4.78, 5) is 17.5. The highest BCUT2D eigenvalue weighted by atomic mass is 35.5. The Bertz CT molecular complexity index is 570. The van der Waals surface area contributed by atoms with Crippen LogP contribution >= 0.6 is 22.9 Å². The van der Waals surface area contributed by atoms with Crippen LogP contribution in [0.25, 0.3) is 0 Å². The fourth-order valence-electron chi connectivity index (χ4n) is 1.46. The largest absolute Gasteiger partial charge is 0.398 e. The molecule has 2 aromatic rings. The third-order valence-corrected chi connectivity index (χ3v) is 3.88. The number of nitrogen functional groups attached to an aromatic ring is 1. The number of carbonyl (C=O) groups is 1. The van der Waals surface area contributed by atoms with Gasteiger partial charge in [0.15, 0.2) is 5.15 Å². The minimum Gasteiger partial charge on any atom is -0.398 e. The predicted molar refractivity (Wildman–Crippen MR) is 75.4 cm³/mol. The Morgan fingerprint density at radius 1 is 1.50 bits per heavy atom. The van der Waals surface area contributed by atoms with Crippen molar-refractivity contribution >= 4 is 40.2 Å². The van der Waals surface area contributed by atoms with E-state index in [-0.39, 0.29) is 11.1 Å². The molecule has 0 atom stereocenters. The topological polar surface area (TPSA) is 68.0 Å². The van der Waals surface area contributed by atoms with E-state index in [1.165, 1.54) is 11.3 Å². The van der Waals surface area contributed by atoms with Crippen molar-refractivity contribution in [2.24, 2.45) is 0 Å². The second-order valence-corrected chi connectivity index (χ2v) is 5.48. The molecule has 0 saturated heterocycles. The van der Waals surface area contributed by atoms with Crippen LogP contribution in [-0.2, 0) is 0 Å². The van der Waals surface area contributed by atoms with Gasteiger partial charge in [-0.3, -0.25) is 4.79 Å². The Morgan fingerprint density at radius 3 is 2.78 bits per heavy atom. The van der Waals surface area contributed by atoms with E-state index in [1.807, 2.05) is 13.8 Å². The molecule has 1 amide bonds. The van der Waals surface area contributed by atoms with Gasteiger partial charge in [0.1, 0.15) is 0 Å². The van der Waals surface area contributed by atoms with Crippen molar-refractivity contribution in [1.29, 1.82) is 0 Å². The van der Waals surface area contributed by atoms with Crippen LogP contribution in [0.3, 0.4) is 0 Å². The first-order valence-corrected chi connectivity index (χ1v) is 6.47. The lowest BCUT2D eigenvalue weighted by Gasteiger charge is -2.08. The van der Waals surface area contributed by atoms with Crippen LogP contribution in [0, 0.1) is 13.8 Å².